The molecule has 3 heterocycles. The zero-order valence-electron chi connectivity index (χ0n) is 35.0. The third-order valence-corrected chi connectivity index (χ3v) is 13.4. The van der Waals surface area contributed by atoms with Crippen molar-refractivity contribution in [2.24, 2.45) is 0 Å². The molecule has 0 amide bonds. The van der Waals surface area contributed by atoms with Crippen molar-refractivity contribution < 1.29 is 0 Å². The Bertz CT molecular complexity index is 3520. The first-order chi connectivity index (χ1) is 31.8. The van der Waals surface area contributed by atoms with Crippen molar-refractivity contribution in [3.63, 3.8) is 0 Å². The number of anilines is 6. The van der Waals surface area contributed by atoms with Gasteiger partial charge < -0.3 is 14.4 Å². The lowest BCUT2D eigenvalue weighted by molar-refractivity contribution is 1.18. The fourth-order valence-corrected chi connectivity index (χ4v) is 10.6. The van der Waals surface area contributed by atoms with E-state index in [2.05, 4.69) is 257 Å². The van der Waals surface area contributed by atoms with Gasteiger partial charge >= 0.3 is 0 Å². The third kappa shape index (κ3) is 5.63. The number of para-hydroxylation sites is 2. The van der Waals surface area contributed by atoms with Crippen LogP contribution in [0.25, 0.3) is 60.9 Å². The molecule has 0 unspecified atom stereocenters. The fourth-order valence-electron chi connectivity index (χ4n) is 10.6. The highest BCUT2D eigenvalue weighted by Crippen LogP contribution is 2.47. The number of fused-ring (bicyclic) bond motifs is 8. The standard InChI is InChI=1S/C60H40BN3/c1-5-16-41(17-6-1)44-28-33-48(34-29-44)63-53-37-32-46(43-20-9-3-10-21-43)40-51(53)61-59-55(63)26-15-27-56(59)64(49-35-30-45(31-36-49)42-18-7-2-8-19-42)57-39-38-54-58(60(57)61)50-24-13-14-25-52(50)62(54)47-22-11-4-12-23-47/h1-40H. The van der Waals surface area contributed by atoms with Crippen LogP contribution in [-0.4, -0.2) is 11.3 Å². The van der Waals surface area contributed by atoms with Gasteiger partial charge in [0.05, 0.1) is 11.0 Å². The second-order valence-corrected chi connectivity index (χ2v) is 16.9. The summed E-state index contributed by atoms with van der Waals surface area (Å²) in [5.74, 6) is 0. The number of benzene rings is 10. The van der Waals surface area contributed by atoms with Gasteiger partial charge in [0.25, 0.3) is 6.71 Å². The summed E-state index contributed by atoms with van der Waals surface area (Å²) in [6, 6.07) is 89.0. The second kappa shape index (κ2) is 14.6. The maximum atomic E-state index is 2.52. The zero-order chi connectivity index (χ0) is 42.1. The van der Waals surface area contributed by atoms with Crippen LogP contribution in [0.1, 0.15) is 0 Å². The maximum absolute atomic E-state index is 2.52. The van der Waals surface area contributed by atoms with Gasteiger partial charge in [0.1, 0.15) is 0 Å². The van der Waals surface area contributed by atoms with Gasteiger partial charge in [-0.25, -0.2) is 0 Å². The van der Waals surface area contributed by atoms with E-state index in [1.54, 1.807) is 0 Å². The van der Waals surface area contributed by atoms with Crippen molar-refractivity contribution in [1.29, 1.82) is 0 Å². The summed E-state index contributed by atoms with van der Waals surface area (Å²) < 4.78 is 2.45. The van der Waals surface area contributed by atoms with Crippen molar-refractivity contribution in [2.75, 3.05) is 9.80 Å². The van der Waals surface area contributed by atoms with Crippen LogP contribution in [0.4, 0.5) is 34.1 Å². The van der Waals surface area contributed by atoms with E-state index < -0.39 is 0 Å². The van der Waals surface area contributed by atoms with Gasteiger partial charge in [0, 0.05) is 50.6 Å². The second-order valence-electron chi connectivity index (χ2n) is 16.9. The summed E-state index contributed by atoms with van der Waals surface area (Å²) in [5.41, 5.74) is 21.7. The van der Waals surface area contributed by atoms with Gasteiger partial charge in [0.15, 0.2) is 0 Å². The third-order valence-electron chi connectivity index (χ3n) is 13.4. The number of nitrogens with zero attached hydrogens (tertiary/aromatic N) is 3. The van der Waals surface area contributed by atoms with Gasteiger partial charge in [0.2, 0.25) is 0 Å². The van der Waals surface area contributed by atoms with Crippen molar-refractivity contribution in [1.82, 2.24) is 4.57 Å². The molecule has 3 nitrogen and oxygen atoms in total. The summed E-state index contributed by atoms with van der Waals surface area (Å²) >= 11 is 0. The average molecular weight is 814 g/mol. The van der Waals surface area contributed by atoms with Gasteiger partial charge in [-0.2, -0.15) is 0 Å². The predicted octanol–water partition coefficient (Wildman–Crippen LogP) is 13.9. The van der Waals surface area contributed by atoms with Crippen molar-refractivity contribution in [2.45, 2.75) is 0 Å². The van der Waals surface area contributed by atoms with E-state index in [-0.39, 0.29) is 6.71 Å². The molecule has 0 aliphatic carbocycles. The van der Waals surface area contributed by atoms with Gasteiger partial charge in [-0.3, -0.25) is 0 Å². The smallest absolute Gasteiger partial charge is 0.253 e. The lowest BCUT2D eigenvalue weighted by Gasteiger charge is -2.44. The predicted molar refractivity (Wildman–Crippen MR) is 271 cm³/mol. The van der Waals surface area contributed by atoms with Gasteiger partial charge in [-0.15, -0.1) is 0 Å². The summed E-state index contributed by atoms with van der Waals surface area (Å²) in [6.07, 6.45) is 0. The molecule has 0 fully saturated rings. The summed E-state index contributed by atoms with van der Waals surface area (Å²) in [5, 5.41) is 2.53. The van der Waals surface area contributed by atoms with E-state index in [0.717, 1.165) is 17.1 Å². The molecule has 0 atom stereocenters. The average Bonchev–Trinajstić information content (AvgIpc) is 3.72. The summed E-state index contributed by atoms with van der Waals surface area (Å²) in [4.78, 5) is 5.03. The van der Waals surface area contributed by atoms with Crippen LogP contribution in [0, 0.1) is 0 Å². The fraction of sp³-hybridized carbons (Fsp3) is 0. The Balaban J connectivity index is 1.12. The summed E-state index contributed by atoms with van der Waals surface area (Å²) in [6.45, 7) is -0.0710. The highest BCUT2D eigenvalue weighted by molar-refractivity contribution is 7.02. The van der Waals surface area contributed by atoms with Crippen molar-refractivity contribution in [3.05, 3.63) is 243 Å². The zero-order valence-corrected chi connectivity index (χ0v) is 35.0. The number of hydrogen-bond acceptors (Lipinski definition) is 2. The van der Waals surface area contributed by atoms with Crippen LogP contribution < -0.4 is 26.2 Å². The molecule has 0 N–H and O–H groups in total. The van der Waals surface area contributed by atoms with E-state index in [9.17, 15) is 0 Å². The van der Waals surface area contributed by atoms with E-state index in [1.165, 1.54) is 94.3 Å². The van der Waals surface area contributed by atoms with Crippen molar-refractivity contribution >= 4 is 79.0 Å². The summed E-state index contributed by atoms with van der Waals surface area (Å²) in [7, 11) is 0. The van der Waals surface area contributed by atoms with Crippen LogP contribution in [-0.2, 0) is 0 Å². The minimum atomic E-state index is -0.0710. The van der Waals surface area contributed by atoms with Crippen LogP contribution in [0.15, 0.2) is 243 Å². The molecule has 0 radical (unpaired) electrons. The van der Waals surface area contributed by atoms with E-state index in [1.807, 2.05) is 0 Å². The molecule has 0 bridgehead atoms. The molecule has 1 aromatic heterocycles. The Kier molecular flexibility index (Phi) is 8.32. The monoisotopic (exact) mass is 813 g/mol. The molecule has 2 aliphatic rings. The maximum Gasteiger partial charge on any atom is 0.253 e. The minimum absolute atomic E-state index is 0.0710. The van der Waals surface area contributed by atoms with Crippen LogP contribution in [0.2, 0.25) is 0 Å². The molecule has 2 aliphatic heterocycles. The topological polar surface area (TPSA) is 11.4 Å². The molecule has 11 aromatic rings. The van der Waals surface area contributed by atoms with Gasteiger partial charge in [-0.1, -0.05) is 170 Å². The van der Waals surface area contributed by atoms with E-state index in [4.69, 9.17) is 0 Å². The molecule has 13 rings (SSSR count). The Morgan fingerprint density at radius 2 is 0.734 bits per heavy atom. The highest BCUT2D eigenvalue weighted by atomic mass is 15.2. The Hall–Kier alpha value is -8.34. The first kappa shape index (κ1) is 36.3. The molecule has 298 valence electrons. The van der Waals surface area contributed by atoms with E-state index in [0.29, 0.717) is 0 Å². The molecular weight excluding hydrogens is 773 g/mol. The van der Waals surface area contributed by atoms with Crippen LogP contribution in [0.3, 0.4) is 0 Å². The lowest BCUT2D eigenvalue weighted by Crippen LogP contribution is -2.61. The SMILES string of the molecule is c1ccc(-c2ccc(N3c4ccc(-c5ccccc5)cc4B4c5c3cccc5N(c3ccc(-c5ccccc5)cc3)c3ccc5c(c34)c3ccccc3n5-c3ccccc3)cc2)cc1. The van der Waals surface area contributed by atoms with Gasteiger partial charge in [-0.05, 0) is 123 Å². The highest BCUT2D eigenvalue weighted by Gasteiger charge is 2.44. The first-order valence-electron chi connectivity index (χ1n) is 22.1. The van der Waals surface area contributed by atoms with E-state index >= 15 is 0 Å². The number of rotatable bonds is 6. The molecule has 0 saturated carbocycles. The normalized spacial score (nSPS) is 12.6. The molecule has 4 heteroatoms. The largest absolute Gasteiger partial charge is 0.311 e. The number of aromatic nitrogens is 1. The quantitative estimate of drug-likeness (QED) is 0.155. The van der Waals surface area contributed by atoms with Crippen molar-refractivity contribution in [3.8, 4) is 39.1 Å². The molecule has 0 spiro atoms. The number of hydrogen-bond donors (Lipinski definition) is 0. The van der Waals surface area contributed by atoms with Crippen LogP contribution >= 0.6 is 0 Å². The molecular formula is C60H40BN3. The Labute approximate surface area is 373 Å². The lowest BCUT2D eigenvalue weighted by atomic mass is 9.33. The Morgan fingerprint density at radius 1 is 0.281 bits per heavy atom. The molecule has 10 aromatic carbocycles. The molecule has 64 heavy (non-hydrogen) atoms. The van der Waals surface area contributed by atoms with Crippen LogP contribution in [0.5, 0.6) is 0 Å². The molecule has 0 saturated heterocycles. The minimum Gasteiger partial charge on any atom is -0.311 e. The first-order valence-corrected chi connectivity index (χ1v) is 22.1. The Morgan fingerprint density at radius 3 is 1.33 bits per heavy atom.